The Morgan fingerprint density at radius 1 is 0.574 bits per heavy atom. The Morgan fingerprint density at radius 2 is 1.11 bits per heavy atom. The first-order chi connectivity index (χ1) is 23.0. The number of hydrogen-bond donors (Lipinski definition) is 2. The van der Waals surface area contributed by atoms with Gasteiger partial charge in [-0.3, -0.25) is 29.0 Å². The molecule has 4 aromatic rings. The average Bonchev–Trinajstić information content (AvgIpc) is 3.53. The smallest absolute Gasteiger partial charge is 0.261 e. The second-order valence-electron chi connectivity index (χ2n) is 12.6. The van der Waals surface area contributed by atoms with E-state index in [9.17, 15) is 19.2 Å². The molecule has 1 fully saturated rings. The van der Waals surface area contributed by atoms with Crippen molar-refractivity contribution < 1.29 is 19.2 Å². The Morgan fingerprint density at radius 3 is 1.70 bits per heavy atom. The molecule has 3 heterocycles. The fourth-order valence-corrected chi connectivity index (χ4v) is 8.56. The van der Waals surface area contributed by atoms with Crippen LogP contribution in [0, 0.1) is 0 Å². The third-order valence-corrected chi connectivity index (χ3v) is 10.9. The molecule has 0 atom stereocenters. The molecule has 0 spiro atoms. The van der Waals surface area contributed by atoms with Gasteiger partial charge in [0.1, 0.15) is 0 Å². The number of thioether (sulfide) groups is 1. The number of anilines is 1. The number of carbonyl (C=O) groups excluding carboxylic acids is 4. The lowest BCUT2D eigenvalue weighted by Crippen LogP contribution is -2.44. The maximum absolute atomic E-state index is 13.5. The summed E-state index contributed by atoms with van der Waals surface area (Å²) in [4.78, 5) is 58.6. The van der Waals surface area contributed by atoms with Crippen molar-refractivity contribution >= 4 is 62.6 Å². The maximum Gasteiger partial charge on any atom is 0.261 e. The van der Waals surface area contributed by atoms with Gasteiger partial charge in [0, 0.05) is 94.9 Å². The molecule has 4 amide bonds. The summed E-state index contributed by atoms with van der Waals surface area (Å²) in [6.45, 7) is 4.94. The van der Waals surface area contributed by atoms with E-state index in [4.69, 9.17) is 0 Å². The Bertz CT molecular complexity index is 1890. The average molecular weight is 648 g/mol. The summed E-state index contributed by atoms with van der Waals surface area (Å²) >= 11 is 1.95. The minimum Gasteiger partial charge on any atom is -0.369 e. The van der Waals surface area contributed by atoms with Crippen LogP contribution in [0.15, 0.2) is 54.6 Å². The number of carbonyl (C=O) groups is 4. The summed E-state index contributed by atoms with van der Waals surface area (Å²) < 4.78 is 0. The van der Waals surface area contributed by atoms with Gasteiger partial charge in [-0.25, -0.2) is 0 Å². The van der Waals surface area contributed by atoms with Gasteiger partial charge in [0.05, 0.1) is 0 Å². The number of imide groups is 2. The Kier molecular flexibility index (Phi) is 7.95. The van der Waals surface area contributed by atoms with Gasteiger partial charge in [-0.1, -0.05) is 24.3 Å². The first kappa shape index (κ1) is 30.1. The molecule has 0 unspecified atom stereocenters. The van der Waals surface area contributed by atoms with Gasteiger partial charge < -0.3 is 15.5 Å². The van der Waals surface area contributed by atoms with Crippen LogP contribution in [0.3, 0.4) is 0 Å². The minimum atomic E-state index is -0.239. The van der Waals surface area contributed by atoms with Crippen LogP contribution in [-0.4, -0.2) is 97.3 Å². The molecule has 240 valence electrons. The van der Waals surface area contributed by atoms with Crippen LogP contribution in [0.4, 0.5) is 5.69 Å². The lowest BCUT2D eigenvalue weighted by Gasteiger charge is -2.32. The van der Waals surface area contributed by atoms with E-state index in [-0.39, 0.29) is 23.6 Å². The molecule has 0 bridgehead atoms. The molecule has 0 radical (unpaired) electrons. The van der Waals surface area contributed by atoms with E-state index in [1.807, 2.05) is 66.4 Å². The molecule has 4 aliphatic rings. The fourth-order valence-electron chi connectivity index (χ4n) is 7.66. The molecule has 0 aromatic heterocycles. The number of hydrogen-bond acceptors (Lipinski definition) is 8. The number of rotatable bonds is 11. The molecule has 8 rings (SSSR count). The molecule has 4 aromatic carbocycles. The van der Waals surface area contributed by atoms with E-state index < -0.39 is 0 Å². The van der Waals surface area contributed by atoms with Crippen molar-refractivity contribution in [3.8, 4) is 0 Å². The Hall–Kier alpha value is -4.25. The lowest BCUT2D eigenvalue weighted by atomic mass is 9.91. The first-order valence-corrected chi connectivity index (χ1v) is 17.8. The summed E-state index contributed by atoms with van der Waals surface area (Å²) in [5.74, 6) is 1.24. The second kappa shape index (κ2) is 12.4. The van der Waals surface area contributed by atoms with Crippen molar-refractivity contribution in [1.82, 2.24) is 20.4 Å². The van der Waals surface area contributed by atoms with Crippen molar-refractivity contribution in [2.24, 2.45) is 0 Å². The molecular formula is C37H37N5O4S. The number of nitrogens with zero attached hydrogens (tertiary/aromatic N) is 3. The van der Waals surface area contributed by atoms with Crippen molar-refractivity contribution in [3.05, 3.63) is 88.0 Å². The Balaban J connectivity index is 0.808. The largest absolute Gasteiger partial charge is 0.369 e. The van der Waals surface area contributed by atoms with Gasteiger partial charge in [0.2, 0.25) is 0 Å². The quantitative estimate of drug-likeness (QED) is 0.185. The van der Waals surface area contributed by atoms with E-state index >= 15 is 0 Å². The van der Waals surface area contributed by atoms with Crippen LogP contribution in [-0.2, 0) is 12.8 Å². The fraction of sp³-hybridized carbons (Fsp3) is 0.351. The van der Waals surface area contributed by atoms with Crippen LogP contribution in [0.25, 0.3) is 21.5 Å². The van der Waals surface area contributed by atoms with Gasteiger partial charge in [-0.15, -0.1) is 0 Å². The molecule has 2 N–H and O–H groups in total. The first-order valence-electron chi connectivity index (χ1n) is 16.6. The van der Waals surface area contributed by atoms with Crippen molar-refractivity contribution in [1.29, 1.82) is 0 Å². The van der Waals surface area contributed by atoms with Gasteiger partial charge in [0.25, 0.3) is 23.6 Å². The zero-order chi connectivity index (χ0) is 32.1. The highest BCUT2D eigenvalue weighted by molar-refractivity contribution is 7.99. The standard InChI is InChI=1S/C37H37N5O4S/c43-34-26-4-1-3-25-30(40-19-21-47-22-20-40)12-11-27(32(25)26)35(44)41(34)17-15-38-13-2-14-39-16-18-42-36(45)28-9-7-23-5-6-24-8-10-29(37(42)46)33(28)31(23)24/h1,3-4,7-12,38-39H,2,5-6,13-22H2. The van der Waals surface area contributed by atoms with Gasteiger partial charge >= 0.3 is 0 Å². The molecule has 47 heavy (non-hydrogen) atoms. The third kappa shape index (κ3) is 5.10. The SMILES string of the molecule is O=C1c2cccc3c(N4CCSCC4)ccc(c23)C(=O)N1CCNCCCNCCN1C(=O)c2ccc3c4c(ccc(c24)C1=O)CC3. The maximum atomic E-state index is 13.5. The van der Waals surface area contributed by atoms with Crippen LogP contribution >= 0.6 is 11.8 Å². The molecular weight excluding hydrogens is 611 g/mol. The zero-order valence-electron chi connectivity index (χ0n) is 26.3. The number of aryl methyl sites for hydroxylation is 2. The molecule has 1 aliphatic carbocycles. The zero-order valence-corrected chi connectivity index (χ0v) is 27.1. The topological polar surface area (TPSA) is 102 Å². The molecule has 3 aliphatic heterocycles. The highest BCUT2D eigenvalue weighted by Crippen LogP contribution is 2.39. The van der Waals surface area contributed by atoms with E-state index in [1.165, 1.54) is 20.9 Å². The summed E-state index contributed by atoms with van der Waals surface area (Å²) in [6, 6.07) is 17.5. The number of benzene rings is 4. The van der Waals surface area contributed by atoms with Gasteiger partial charge in [-0.2, -0.15) is 11.8 Å². The normalized spacial score (nSPS) is 17.1. The van der Waals surface area contributed by atoms with Crippen LogP contribution in [0.1, 0.15) is 59.0 Å². The molecule has 9 nitrogen and oxygen atoms in total. The van der Waals surface area contributed by atoms with Crippen molar-refractivity contribution in [2.45, 2.75) is 19.3 Å². The second-order valence-corrected chi connectivity index (χ2v) is 13.9. The Labute approximate surface area is 277 Å². The minimum absolute atomic E-state index is 0.219. The third-order valence-electron chi connectivity index (χ3n) is 10.0. The summed E-state index contributed by atoms with van der Waals surface area (Å²) in [6.07, 6.45) is 2.73. The van der Waals surface area contributed by atoms with E-state index in [1.54, 1.807) is 0 Å². The molecule has 0 saturated carbocycles. The van der Waals surface area contributed by atoms with Crippen LogP contribution in [0.5, 0.6) is 0 Å². The van der Waals surface area contributed by atoms with Crippen molar-refractivity contribution in [2.75, 3.05) is 68.8 Å². The molecule has 10 heteroatoms. The summed E-state index contributed by atoms with van der Waals surface area (Å²) in [7, 11) is 0. The lowest BCUT2D eigenvalue weighted by molar-refractivity contribution is 0.0597. The van der Waals surface area contributed by atoms with E-state index in [0.29, 0.717) is 61.5 Å². The van der Waals surface area contributed by atoms with Crippen LogP contribution in [0.2, 0.25) is 0 Å². The highest BCUT2D eigenvalue weighted by atomic mass is 32.2. The highest BCUT2D eigenvalue weighted by Gasteiger charge is 2.35. The predicted octanol–water partition coefficient (Wildman–Crippen LogP) is 4.11. The van der Waals surface area contributed by atoms with Gasteiger partial charge in [0.15, 0.2) is 0 Å². The van der Waals surface area contributed by atoms with Crippen molar-refractivity contribution in [3.63, 3.8) is 0 Å². The van der Waals surface area contributed by atoms with Gasteiger partial charge in [-0.05, 0) is 79.2 Å². The number of amides is 4. The summed E-state index contributed by atoms with van der Waals surface area (Å²) in [5.41, 5.74) is 5.98. The van der Waals surface area contributed by atoms with E-state index in [0.717, 1.165) is 71.1 Å². The monoisotopic (exact) mass is 647 g/mol. The van der Waals surface area contributed by atoms with Crippen LogP contribution < -0.4 is 15.5 Å². The summed E-state index contributed by atoms with van der Waals surface area (Å²) in [5, 5.41) is 10.4. The number of nitrogens with one attached hydrogen (secondary N) is 2. The molecule has 1 saturated heterocycles. The van der Waals surface area contributed by atoms with E-state index in [2.05, 4.69) is 15.5 Å². The predicted molar refractivity (Wildman–Crippen MR) is 186 cm³/mol.